The van der Waals surface area contributed by atoms with E-state index in [1.165, 1.54) is 19.1 Å². The third kappa shape index (κ3) is 1.83. The van der Waals surface area contributed by atoms with Gasteiger partial charge in [0.25, 0.3) is 0 Å². The van der Waals surface area contributed by atoms with Crippen LogP contribution >= 0.6 is 11.6 Å². The molecule has 1 aromatic rings. The van der Waals surface area contributed by atoms with Crippen molar-refractivity contribution in [3.05, 3.63) is 38.7 Å². The Hall–Kier alpha value is -1.20. The van der Waals surface area contributed by atoms with Gasteiger partial charge < -0.3 is 5.73 Å². The maximum absolute atomic E-state index is 13.2. The Bertz CT molecular complexity index is 382. The van der Waals surface area contributed by atoms with E-state index in [0.717, 1.165) is 0 Å². The largest absolute Gasteiger partial charge is 0.324 e. The van der Waals surface area contributed by atoms with Gasteiger partial charge in [-0.1, -0.05) is 11.6 Å². The highest BCUT2D eigenvalue weighted by atomic mass is 35.5. The number of hydrogen-bond donors (Lipinski definition) is 1. The van der Waals surface area contributed by atoms with Gasteiger partial charge in [-0.2, -0.15) is 4.39 Å². The van der Waals surface area contributed by atoms with Crippen LogP contribution < -0.4 is 5.73 Å². The number of nitrogens with zero attached hydrogens (tertiary/aromatic N) is 1. The predicted octanol–water partition coefficient (Wildman–Crippen LogP) is 2.41. The van der Waals surface area contributed by atoms with Crippen LogP contribution in [0.5, 0.6) is 0 Å². The first kappa shape index (κ1) is 10.9. The Balaban J connectivity index is 3.45. The van der Waals surface area contributed by atoms with Crippen molar-refractivity contribution in [1.29, 1.82) is 0 Å². The number of halogens is 2. The topological polar surface area (TPSA) is 69.2 Å². The molecule has 0 saturated carbocycles. The van der Waals surface area contributed by atoms with Crippen LogP contribution in [-0.4, -0.2) is 4.92 Å². The van der Waals surface area contributed by atoms with E-state index in [-0.39, 0.29) is 10.6 Å². The lowest BCUT2D eigenvalue weighted by atomic mass is 10.1. The van der Waals surface area contributed by atoms with Crippen molar-refractivity contribution in [1.82, 2.24) is 0 Å². The molecule has 0 fully saturated rings. The van der Waals surface area contributed by atoms with Crippen molar-refractivity contribution in [2.24, 2.45) is 5.73 Å². The van der Waals surface area contributed by atoms with E-state index in [4.69, 9.17) is 17.3 Å². The monoisotopic (exact) mass is 218 g/mol. The molecule has 2 N–H and O–H groups in total. The summed E-state index contributed by atoms with van der Waals surface area (Å²) in [7, 11) is 0. The Morgan fingerprint density at radius 3 is 2.64 bits per heavy atom. The molecule has 1 aromatic carbocycles. The predicted molar refractivity (Wildman–Crippen MR) is 50.7 cm³/mol. The Labute approximate surface area is 84.6 Å². The number of hydrogen-bond acceptors (Lipinski definition) is 3. The summed E-state index contributed by atoms with van der Waals surface area (Å²) in [6.07, 6.45) is 0. The van der Waals surface area contributed by atoms with Crippen molar-refractivity contribution in [3.8, 4) is 0 Å². The lowest BCUT2D eigenvalue weighted by molar-refractivity contribution is -0.388. The average molecular weight is 219 g/mol. The van der Waals surface area contributed by atoms with Crippen LogP contribution in [0.15, 0.2) is 12.1 Å². The van der Waals surface area contributed by atoms with Crippen molar-refractivity contribution in [2.45, 2.75) is 13.0 Å². The molecule has 0 aliphatic rings. The molecule has 0 spiro atoms. The zero-order valence-corrected chi connectivity index (χ0v) is 8.08. The van der Waals surface area contributed by atoms with Crippen LogP contribution in [0.2, 0.25) is 5.02 Å². The van der Waals surface area contributed by atoms with Gasteiger partial charge in [-0.25, -0.2) is 0 Å². The summed E-state index contributed by atoms with van der Waals surface area (Å²) in [5, 5.41) is 10.3. The third-order valence-corrected chi connectivity index (χ3v) is 2.07. The molecule has 0 amide bonds. The number of benzene rings is 1. The average Bonchev–Trinajstić information content (AvgIpc) is 2.08. The molecule has 1 atom stereocenters. The number of nitrogens with two attached hydrogens (primary N) is 1. The van der Waals surface area contributed by atoms with E-state index >= 15 is 0 Å². The Morgan fingerprint density at radius 2 is 2.21 bits per heavy atom. The summed E-state index contributed by atoms with van der Waals surface area (Å²) >= 11 is 5.41. The summed E-state index contributed by atoms with van der Waals surface area (Å²) in [6.45, 7) is 1.54. The van der Waals surface area contributed by atoms with Crippen LogP contribution in [0.4, 0.5) is 10.1 Å². The fourth-order valence-electron chi connectivity index (χ4n) is 1.11. The van der Waals surface area contributed by atoms with E-state index in [2.05, 4.69) is 0 Å². The number of rotatable bonds is 2. The molecule has 14 heavy (non-hydrogen) atoms. The highest BCUT2D eigenvalue weighted by Gasteiger charge is 2.24. The molecule has 0 radical (unpaired) electrons. The minimum Gasteiger partial charge on any atom is -0.324 e. The summed E-state index contributed by atoms with van der Waals surface area (Å²) in [6, 6.07) is 2.00. The van der Waals surface area contributed by atoms with Crippen molar-refractivity contribution >= 4 is 17.3 Å². The van der Waals surface area contributed by atoms with Gasteiger partial charge in [-0.05, 0) is 19.1 Å². The maximum Gasteiger partial charge on any atom is 0.311 e. The molecule has 0 aliphatic heterocycles. The second-order valence-electron chi connectivity index (χ2n) is 2.84. The van der Waals surface area contributed by atoms with Gasteiger partial charge in [0.1, 0.15) is 0 Å². The minimum absolute atomic E-state index is 0.136. The summed E-state index contributed by atoms with van der Waals surface area (Å²) in [5.41, 5.74) is 4.95. The molecular formula is C8H8ClFN2O2. The van der Waals surface area contributed by atoms with Crippen LogP contribution in [0.25, 0.3) is 0 Å². The fraction of sp³-hybridized carbons (Fsp3) is 0.250. The first-order valence-corrected chi connectivity index (χ1v) is 4.20. The maximum atomic E-state index is 13.2. The van der Waals surface area contributed by atoms with E-state index < -0.39 is 22.5 Å². The van der Waals surface area contributed by atoms with Gasteiger partial charge in [0.05, 0.1) is 9.95 Å². The first-order chi connectivity index (χ1) is 6.45. The van der Waals surface area contributed by atoms with Crippen LogP contribution in [0, 0.1) is 15.9 Å². The number of nitro groups is 1. The molecule has 1 unspecified atom stereocenters. The van der Waals surface area contributed by atoms with E-state index in [1.54, 1.807) is 0 Å². The van der Waals surface area contributed by atoms with Crippen molar-refractivity contribution in [3.63, 3.8) is 0 Å². The van der Waals surface area contributed by atoms with E-state index in [1.807, 2.05) is 0 Å². The number of nitro benzene ring substituents is 1. The zero-order valence-electron chi connectivity index (χ0n) is 7.33. The molecular weight excluding hydrogens is 211 g/mol. The second-order valence-corrected chi connectivity index (χ2v) is 3.25. The second kappa shape index (κ2) is 3.89. The lowest BCUT2D eigenvalue weighted by Gasteiger charge is -2.07. The summed E-state index contributed by atoms with van der Waals surface area (Å²) in [4.78, 5) is 9.73. The minimum atomic E-state index is -1.04. The molecule has 0 aliphatic carbocycles. The van der Waals surface area contributed by atoms with Crippen LogP contribution in [0.1, 0.15) is 18.5 Å². The highest BCUT2D eigenvalue weighted by Crippen LogP contribution is 2.31. The fourth-order valence-corrected chi connectivity index (χ4v) is 1.26. The standard InChI is InChI=1S/C8H8ClFN2O2/c1-4(11)5-2-3-6(9)7(10)8(5)12(13)14/h2-4H,11H2,1H3. The first-order valence-electron chi connectivity index (χ1n) is 3.83. The van der Waals surface area contributed by atoms with E-state index in [0.29, 0.717) is 0 Å². The molecule has 76 valence electrons. The molecule has 0 heterocycles. The summed E-state index contributed by atoms with van der Waals surface area (Å²) in [5.74, 6) is -1.04. The smallest absolute Gasteiger partial charge is 0.311 e. The normalized spacial score (nSPS) is 12.6. The molecule has 0 saturated heterocycles. The third-order valence-electron chi connectivity index (χ3n) is 1.77. The highest BCUT2D eigenvalue weighted by molar-refractivity contribution is 6.31. The van der Waals surface area contributed by atoms with Crippen LogP contribution in [-0.2, 0) is 0 Å². The van der Waals surface area contributed by atoms with Gasteiger partial charge in [0.15, 0.2) is 0 Å². The Morgan fingerprint density at radius 1 is 1.64 bits per heavy atom. The van der Waals surface area contributed by atoms with Gasteiger partial charge >= 0.3 is 5.69 Å². The molecule has 4 nitrogen and oxygen atoms in total. The molecule has 1 rings (SSSR count). The Kier molecular flexibility index (Phi) is 3.03. The zero-order chi connectivity index (χ0) is 10.9. The molecule has 6 heteroatoms. The van der Waals surface area contributed by atoms with Crippen molar-refractivity contribution < 1.29 is 9.31 Å². The molecule has 0 aromatic heterocycles. The van der Waals surface area contributed by atoms with Gasteiger partial charge in [-0.3, -0.25) is 10.1 Å². The van der Waals surface area contributed by atoms with Crippen LogP contribution in [0.3, 0.4) is 0 Å². The quantitative estimate of drug-likeness (QED) is 0.612. The molecule has 0 bridgehead atoms. The van der Waals surface area contributed by atoms with Gasteiger partial charge in [-0.15, -0.1) is 0 Å². The summed E-state index contributed by atoms with van der Waals surface area (Å²) < 4.78 is 13.2. The SMILES string of the molecule is CC(N)c1ccc(Cl)c(F)c1[N+](=O)[O-]. The van der Waals surface area contributed by atoms with Gasteiger partial charge in [0, 0.05) is 11.6 Å². The van der Waals surface area contributed by atoms with E-state index in [9.17, 15) is 14.5 Å². The lowest BCUT2D eigenvalue weighted by Crippen LogP contribution is -2.09. The van der Waals surface area contributed by atoms with Crippen molar-refractivity contribution in [2.75, 3.05) is 0 Å². The van der Waals surface area contributed by atoms with Gasteiger partial charge in [0.2, 0.25) is 5.82 Å².